The fourth-order valence-electron chi connectivity index (χ4n) is 2.62. The van der Waals surface area contributed by atoms with Gasteiger partial charge in [0.25, 0.3) is 5.91 Å². The van der Waals surface area contributed by atoms with Gasteiger partial charge in [-0.1, -0.05) is 42.5 Å². The number of pyridine rings is 1. The summed E-state index contributed by atoms with van der Waals surface area (Å²) in [6, 6.07) is 19.2. The topological polar surface area (TPSA) is 65.8 Å². The van der Waals surface area contributed by atoms with Crippen molar-refractivity contribution in [3.8, 4) is 17.2 Å². The molecule has 26 heavy (non-hydrogen) atoms. The second-order valence-electron chi connectivity index (χ2n) is 5.69. The van der Waals surface area contributed by atoms with Gasteiger partial charge in [-0.3, -0.25) is 9.78 Å². The molecule has 1 amide bonds. The van der Waals surface area contributed by atoms with Gasteiger partial charge in [-0.25, -0.2) is 4.39 Å². The molecule has 1 heterocycles. The number of hydrogen-bond acceptors (Lipinski definition) is 3. The van der Waals surface area contributed by atoms with E-state index in [0.29, 0.717) is 24.1 Å². The van der Waals surface area contributed by atoms with Gasteiger partial charge in [0.15, 0.2) is 0 Å². The van der Waals surface area contributed by atoms with Crippen molar-refractivity contribution in [1.82, 2.24) is 10.3 Å². The van der Waals surface area contributed by atoms with Gasteiger partial charge in [0, 0.05) is 23.9 Å². The molecule has 3 rings (SSSR count). The summed E-state index contributed by atoms with van der Waals surface area (Å²) in [5, 5.41) is 11.9. The molecule has 0 saturated carbocycles. The Morgan fingerprint density at radius 1 is 1.08 bits per heavy atom. The second kappa shape index (κ2) is 8.04. The maximum absolute atomic E-state index is 13.6. The van der Waals surface area contributed by atoms with Gasteiger partial charge < -0.3 is 5.32 Å². The van der Waals surface area contributed by atoms with E-state index in [1.165, 1.54) is 6.07 Å². The van der Waals surface area contributed by atoms with Crippen LogP contribution in [0.1, 0.15) is 21.6 Å². The van der Waals surface area contributed by atoms with E-state index in [9.17, 15) is 14.4 Å². The molecule has 0 unspecified atom stereocenters. The van der Waals surface area contributed by atoms with Crippen molar-refractivity contribution in [2.45, 2.75) is 6.42 Å². The van der Waals surface area contributed by atoms with Gasteiger partial charge in [0.2, 0.25) is 0 Å². The van der Waals surface area contributed by atoms with Crippen molar-refractivity contribution < 1.29 is 9.18 Å². The van der Waals surface area contributed by atoms with Crippen LogP contribution in [0.5, 0.6) is 0 Å². The van der Waals surface area contributed by atoms with E-state index >= 15 is 0 Å². The lowest BCUT2D eigenvalue weighted by atomic mass is 10.0. The number of carbonyl (C=O) groups is 1. The summed E-state index contributed by atoms with van der Waals surface area (Å²) in [5.74, 6) is -0.596. The number of carbonyl (C=O) groups excluding carboxylic acids is 1. The standard InChI is InChI=1S/C21H16FN3O/c22-19-8-4-2-5-15(19)11-12-24-21(26)20-10-9-17(14-25-20)18-7-3-1-6-16(18)13-23/h1-10,14H,11-12H2,(H,24,26). The van der Waals surface area contributed by atoms with Crippen molar-refractivity contribution in [3.05, 3.63) is 89.5 Å². The summed E-state index contributed by atoms with van der Waals surface area (Å²) in [5.41, 5.74) is 2.93. The van der Waals surface area contributed by atoms with Crippen molar-refractivity contribution in [2.24, 2.45) is 0 Å². The molecule has 0 saturated heterocycles. The van der Waals surface area contributed by atoms with E-state index in [4.69, 9.17) is 0 Å². The van der Waals surface area contributed by atoms with Gasteiger partial charge in [-0.05, 0) is 30.2 Å². The van der Waals surface area contributed by atoms with Crippen LogP contribution in [-0.4, -0.2) is 17.4 Å². The Morgan fingerprint density at radius 2 is 1.85 bits per heavy atom. The second-order valence-corrected chi connectivity index (χ2v) is 5.69. The van der Waals surface area contributed by atoms with Gasteiger partial charge in [-0.15, -0.1) is 0 Å². The first-order valence-electron chi connectivity index (χ1n) is 8.16. The predicted molar refractivity (Wildman–Crippen MR) is 96.8 cm³/mol. The molecule has 0 aliphatic heterocycles. The third kappa shape index (κ3) is 3.93. The summed E-state index contributed by atoms with van der Waals surface area (Å²) >= 11 is 0. The summed E-state index contributed by atoms with van der Waals surface area (Å²) in [7, 11) is 0. The number of hydrogen-bond donors (Lipinski definition) is 1. The molecule has 0 bridgehead atoms. The molecule has 1 aromatic heterocycles. The number of amides is 1. The number of halogens is 1. The third-order valence-corrected chi connectivity index (χ3v) is 3.99. The summed E-state index contributed by atoms with van der Waals surface area (Å²) in [6.45, 7) is 0.320. The molecule has 128 valence electrons. The van der Waals surface area contributed by atoms with E-state index < -0.39 is 0 Å². The summed E-state index contributed by atoms with van der Waals surface area (Å²) < 4.78 is 13.6. The number of nitriles is 1. The van der Waals surface area contributed by atoms with Gasteiger partial charge in [-0.2, -0.15) is 5.26 Å². The van der Waals surface area contributed by atoms with Crippen LogP contribution in [0.4, 0.5) is 4.39 Å². The molecule has 5 heteroatoms. The quantitative estimate of drug-likeness (QED) is 0.766. The van der Waals surface area contributed by atoms with Gasteiger partial charge >= 0.3 is 0 Å². The first-order valence-corrected chi connectivity index (χ1v) is 8.16. The van der Waals surface area contributed by atoms with E-state index in [1.807, 2.05) is 12.1 Å². The zero-order valence-corrected chi connectivity index (χ0v) is 13.9. The largest absolute Gasteiger partial charge is 0.350 e. The maximum atomic E-state index is 13.6. The Labute approximate surface area is 150 Å². The summed E-state index contributed by atoms with van der Waals surface area (Å²) in [6.07, 6.45) is 1.98. The van der Waals surface area contributed by atoms with Crippen LogP contribution in [0.15, 0.2) is 66.9 Å². The van der Waals surface area contributed by atoms with Crippen LogP contribution in [0.3, 0.4) is 0 Å². The maximum Gasteiger partial charge on any atom is 0.269 e. The molecule has 0 atom stereocenters. The van der Waals surface area contributed by atoms with Crippen LogP contribution in [0.25, 0.3) is 11.1 Å². The van der Waals surface area contributed by atoms with Crippen molar-refractivity contribution in [1.29, 1.82) is 5.26 Å². The molecule has 0 radical (unpaired) electrons. The molecule has 0 spiro atoms. The Morgan fingerprint density at radius 3 is 2.58 bits per heavy atom. The lowest BCUT2D eigenvalue weighted by Gasteiger charge is -2.07. The molecular weight excluding hydrogens is 329 g/mol. The van der Waals surface area contributed by atoms with E-state index in [2.05, 4.69) is 16.4 Å². The molecular formula is C21H16FN3O. The number of nitrogens with one attached hydrogen (secondary N) is 1. The Kier molecular flexibility index (Phi) is 5.35. The Bertz CT molecular complexity index is 961. The number of aromatic nitrogens is 1. The molecule has 3 aromatic rings. The molecule has 2 aromatic carbocycles. The first kappa shape index (κ1) is 17.3. The van der Waals surface area contributed by atoms with E-state index in [1.54, 1.807) is 48.7 Å². The average Bonchev–Trinajstić information content (AvgIpc) is 2.69. The van der Waals surface area contributed by atoms with Crippen LogP contribution in [0.2, 0.25) is 0 Å². The fraction of sp³-hybridized carbons (Fsp3) is 0.0952. The lowest BCUT2D eigenvalue weighted by molar-refractivity contribution is 0.0949. The normalized spacial score (nSPS) is 10.2. The highest BCUT2D eigenvalue weighted by Crippen LogP contribution is 2.22. The predicted octanol–water partition coefficient (Wildman–Crippen LogP) is 3.73. The first-order chi connectivity index (χ1) is 12.7. The molecule has 0 aliphatic rings. The summed E-state index contributed by atoms with van der Waals surface area (Å²) in [4.78, 5) is 16.3. The van der Waals surface area contributed by atoms with Crippen molar-refractivity contribution in [3.63, 3.8) is 0 Å². The number of nitrogens with zero attached hydrogens (tertiary/aromatic N) is 2. The minimum atomic E-state index is -0.318. The van der Waals surface area contributed by atoms with Crippen LogP contribution in [0, 0.1) is 17.1 Å². The highest BCUT2D eigenvalue weighted by Gasteiger charge is 2.09. The zero-order valence-electron chi connectivity index (χ0n) is 13.9. The SMILES string of the molecule is N#Cc1ccccc1-c1ccc(C(=O)NCCc2ccccc2F)nc1. The highest BCUT2D eigenvalue weighted by molar-refractivity contribution is 5.92. The monoisotopic (exact) mass is 345 g/mol. The minimum Gasteiger partial charge on any atom is -0.350 e. The van der Waals surface area contributed by atoms with E-state index in [-0.39, 0.29) is 17.4 Å². The van der Waals surface area contributed by atoms with Crippen LogP contribution >= 0.6 is 0 Å². The Balaban J connectivity index is 1.64. The fourth-order valence-corrected chi connectivity index (χ4v) is 2.62. The van der Waals surface area contributed by atoms with Crippen molar-refractivity contribution >= 4 is 5.91 Å². The molecule has 4 nitrogen and oxygen atoms in total. The average molecular weight is 345 g/mol. The van der Waals surface area contributed by atoms with E-state index in [0.717, 1.165) is 11.1 Å². The molecule has 0 fully saturated rings. The molecule has 1 N–H and O–H groups in total. The highest BCUT2D eigenvalue weighted by atomic mass is 19.1. The zero-order chi connectivity index (χ0) is 18.4. The number of rotatable bonds is 5. The third-order valence-electron chi connectivity index (χ3n) is 3.99. The van der Waals surface area contributed by atoms with Crippen LogP contribution in [-0.2, 0) is 6.42 Å². The smallest absolute Gasteiger partial charge is 0.269 e. The lowest BCUT2D eigenvalue weighted by Crippen LogP contribution is -2.26. The van der Waals surface area contributed by atoms with Gasteiger partial charge in [0.1, 0.15) is 11.5 Å². The van der Waals surface area contributed by atoms with Gasteiger partial charge in [0.05, 0.1) is 11.6 Å². The Hall–Kier alpha value is -3.52. The minimum absolute atomic E-state index is 0.275. The van der Waals surface area contributed by atoms with Crippen LogP contribution < -0.4 is 5.32 Å². The van der Waals surface area contributed by atoms with Crippen molar-refractivity contribution in [2.75, 3.05) is 6.54 Å². The number of benzene rings is 2. The molecule has 0 aliphatic carbocycles.